The number of carbonyl (C=O) groups excluding carboxylic acids is 1. The van der Waals surface area contributed by atoms with Crippen LogP contribution in [0.3, 0.4) is 0 Å². The Labute approximate surface area is 161 Å². The molecule has 3 atom stereocenters. The SMILES string of the molecule is COc1cc(CN(C)C(=O)C2CC3CCCCC3N2)ccc1SC.Cl. The van der Waals surface area contributed by atoms with Crippen molar-refractivity contribution in [1.29, 1.82) is 0 Å². The minimum absolute atomic E-state index is 0. The van der Waals surface area contributed by atoms with Gasteiger partial charge >= 0.3 is 0 Å². The molecule has 4 nitrogen and oxygen atoms in total. The predicted octanol–water partition coefficient (Wildman–Crippen LogP) is 3.72. The van der Waals surface area contributed by atoms with Gasteiger partial charge in [-0.25, -0.2) is 0 Å². The fourth-order valence-corrected chi connectivity index (χ4v) is 4.65. The molecule has 3 unspecified atom stereocenters. The average molecular weight is 385 g/mol. The molecule has 2 aliphatic rings. The Balaban J connectivity index is 0.00000225. The largest absolute Gasteiger partial charge is 0.496 e. The van der Waals surface area contributed by atoms with E-state index >= 15 is 0 Å². The van der Waals surface area contributed by atoms with Crippen molar-refractivity contribution in [2.24, 2.45) is 5.92 Å². The molecule has 0 aromatic heterocycles. The van der Waals surface area contributed by atoms with Gasteiger partial charge in [-0.3, -0.25) is 4.79 Å². The second kappa shape index (κ2) is 9.15. The van der Waals surface area contributed by atoms with Crippen molar-refractivity contribution >= 4 is 30.1 Å². The highest BCUT2D eigenvalue weighted by Gasteiger charge is 2.39. The summed E-state index contributed by atoms with van der Waals surface area (Å²) in [6.45, 7) is 0.622. The summed E-state index contributed by atoms with van der Waals surface area (Å²) in [5.74, 6) is 1.80. The maximum Gasteiger partial charge on any atom is 0.239 e. The fraction of sp³-hybridized carbons (Fsp3) is 0.632. The Morgan fingerprint density at radius 2 is 2.12 bits per heavy atom. The van der Waals surface area contributed by atoms with E-state index in [-0.39, 0.29) is 24.4 Å². The summed E-state index contributed by atoms with van der Waals surface area (Å²) in [7, 11) is 3.60. The lowest BCUT2D eigenvalue weighted by atomic mass is 9.85. The first-order valence-corrected chi connectivity index (χ1v) is 10.1. The number of thioether (sulfide) groups is 1. The van der Waals surface area contributed by atoms with E-state index in [2.05, 4.69) is 17.4 Å². The number of nitrogens with zero attached hydrogens (tertiary/aromatic N) is 1. The second-order valence-corrected chi connectivity index (χ2v) is 7.84. The van der Waals surface area contributed by atoms with Crippen LogP contribution in [0.4, 0.5) is 0 Å². The zero-order valence-electron chi connectivity index (χ0n) is 15.3. The molecule has 1 saturated carbocycles. The quantitative estimate of drug-likeness (QED) is 0.785. The molecule has 1 N–H and O–H groups in total. The monoisotopic (exact) mass is 384 g/mol. The third-order valence-electron chi connectivity index (χ3n) is 5.40. The molecule has 1 heterocycles. The van der Waals surface area contributed by atoms with Gasteiger partial charge < -0.3 is 15.0 Å². The predicted molar refractivity (Wildman–Crippen MR) is 106 cm³/mol. The summed E-state index contributed by atoms with van der Waals surface area (Å²) in [6, 6.07) is 6.74. The molecule has 3 rings (SSSR count). The lowest BCUT2D eigenvalue weighted by molar-refractivity contribution is -0.132. The van der Waals surface area contributed by atoms with Gasteiger partial charge in [0.15, 0.2) is 0 Å². The lowest BCUT2D eigenvalue weighted by Crippen LogP contribution is -2.43. The van der Waals surface area contributed by atoms with Crippen molar-refractivity contribution in [2.45, 2.75) is 55.6 Å². The minimum atomic E-state index is -0.00420. The molecule has 0 bridgehead atoms. The number of nitrogens with one attached hydrogen (secondary N) is 1. The van der Waals surface area contributed by atoms with Gasteiger partial charge in [-0.2, -0.15) is 0 Å². The van der Waals surface area contributed by atoms with Gasteiger partial charge in [0.2, 0.25) is 5.91 Å². The third kappa shape index (κ3) is 4.63. The van der Waals surface area contributed by atoms with E-state index in [9.17, 15) is 4.79 Å². The summed E-state index contributed by atoms with van der Waals surface area (Å²) in [6.07, 6.45) is 8.17. The van der Waals surface area contributed by atoms with E-state index in [1.54, 1.807) is 18.9 Å². The molecule has 0 spiro atoms. The Hall–Kier alpha value is -0.910. The molecule has 1 saturated heterocycles. The van der Waals surface area contributed by atoms with Gasteiger partial charge in [0.05, 0.1) is 13.2 Å². The smallest absolute Gasteiger partial charge is 0.239 e. The Bertz CT molecular complexity index is 585. The normalized spacial score (nSPS) is 25.0. The maximum absolute atomic E-state index is 12.8. The standard InChI is InChI=1S/C19H28N2O2S.ClH/c1-21(12-13-8-9-18(24-3)17(10-13)23-2)19(22)16-11-14-6-4-5-7-15(14)20-16;/h8-10,14-16,20H,4-7,11-12H2,1-3H3;1H. The van der Waals surface area contributed by atoms with Crippen LogP contribution in [0.1, 0.15) is 37.7 Å². The molecular weight excluding hydrogens is 356 g/mol. The fourth-order valence-electron chi connectivity index (χ4n) is 4.11. The molecule has 2 fully saturated rings. The van der Waals surface area contributed by atoms with Crippen molar-refractivity contribution in [2.75, 3.05) is 20.4 Å². The van der Waals surface area contributed by atoms with Crippen LogP contribution in [0.2, 0.25) is 0 Å². The summed E-state index contributed by atoms with van der Waals surface area (Å²) in [4.78, 5) is 15.8. The Morgan fingerprint density at radius 3 is 2.80 bits per heavy atom. The van der Waals surface area contributed by atoms with Gasteiger partial charge in [0.1, 0.15) is 5.75 Å². The molecule has 1 aromatic rings. The van der Waals surface area contributed by atoms with Crippen LogP contribution in [-0.4, -0.2) is 43.3 Å². The number of rotatable bonds is 5. The van der Waals surface area contributed by atoms with Crippen LogP contribution in [0.5, 0.6) is 5.75 Å². The van der Waals surface area contributed by atoms with Gasteiger partial charge in [-0.15, -0.1) is 24.2 Å². The van der Waals surface area contributed by atoms with E-state index in [1.807, 2.05) is 24.3 Å². The van der Waals surface area contributed by atoms with Gasteiger partial charge in [0, 0.05) is 24.5 Å². The van der Waals surface area contributed by atoms with Crippen LogP contribution in [0.25, 0.3) is 0 Å². The average Bonchev–Trinajstić information content (AvgIpc) is 3.04. The Kier molecular flexibility index (Phi) is 7.47. The molecule has 1 aliphatic heterocycles. The maximum atomic E-state index is 12.8. The molecule has 1 aliphatic carbocycles. The van der Waals surface area contributed by atoms with E-state index in [0.717, 1.165) is 22.6 Å². The molecular formula is C19H29ClN2O2S. The third-order valence-corrected chi connectivity index (χ3v) is 6.18. The number of ether oxygens (including phenoxy) is 1. The van der Waals surface area contributed by atoms with Gasteiger partial charge in [0.25, 0.3) is 0 Å². The van der Waals surface area contributed by atoms with Crippen molar-refractivity contribution in [3.05, 3.63) is 23.8 Å². The number of fused-ring (bicyclic) bond motifs is 1. The van der Waals surface area contributed by atoms with Crippen LogP contribution < -0.4 is 10.1 Å². The number of hydrogen-bond donors (Lipinski definition) is 1. The van der Waals surface area contributed by atoms with Crippen LogP contribution >= 0.6 is 24.2 Å². The number of amides is 1. The summed E-state index contributed by atoms with van der Waals surface area (Å²) >= 11 is 1.67. The van der Waals surface area contributed by atoms with Crippen molar-refractivity contribution < 1.29 is 9.53 Å². The Morgan fingerprint density at radius 1 is 1.36 bits per heavy atom. The molecule has 140 valence electrons. The van der Waals surface area contributed by atoms with Crippen molar-refractivity contribution in [1.82, 2.24) is 10.2 Å². The zero-order chi connectivity index (χ0) is 17.1. The minimum Gasteiger partial charge on any atom is -0.496 e. The first-order chi connectivity index (χ1) is 11.6. The number of likely N-dealkylation sites (N-methyl/N-ethyl adjacent to an activating group) is 1. The summed E-state index contributed by atoms with van der Waals surface area (Å²) in [5, 5.41) is 3.58. The van der Waals surface area contributed by atoms with E-state index in [0.29, 0.717) is 18.5 Å². The molecule has 0 radical (unpaired) electrons. The first-order valence-electron chi connectivity index (χ1n) is 8.84. The van der Waals surface area contributed by atoms with Crippen LogP contribution in [0, 0.1) is 5.92 Å². The highest BCUT2D eigenvalue weighted by atomic mass is 35.5. The molecule has 25 heavy (non-hydrogen) atoms. The van der Waals surface area contributed by atoms with E-state index < -0.39 is 0 Å². The molecule has 1 aromatic carbocycles. The van der Waals surface area contributed by atoms with Crippen LogP contribution in [0.15, 0.2) is 23.1 Å². The number of halogens is 1. The summed E-state index contributed by atoms with van der Waals surface area (Å²) in [5.41, 5.74) is 1.11. The number of benzene rings is 1. The van der Waals surface area contributed by atoms with Crippen molar-refractivity contribution in [3.8, 4) is 5.75 Å². The lowest BCUT2D eigenvalue weighted by Gasteiger charge is -2.24. The van der Waals surface area contributed by atoms with Crippen molar-refractivity contribution in [3.63, 3.8) is 0 Å². The number of carbonyl (C=O) groups is 1. The van der Waals surface area contributed by atoms with Gasteiger partial charge in [-0.05, 0) is 49.1 Å². The van der Waals surface area contributed by atoms with E-state index in [1.165, 1.54) is 25.7 Å². The zero-order valence-corrected chi connectivity index (χ0v) is 16.9. The van der Waals surface area contributed by atoms with Crippen LogP contribution in [-0.2, 0) is 11.3 Å². The highest BCUT2D eigenvalue weighted by molar-refractivity contribution is 7.98. The molecule has 1 amide bonds. The first kappa shape index (κ1) is 20.4. The molecule has 6 heteroatoms. The number of hydrogen-bond acceptors (Lipinski definition) is 4. The summed E-state index contributed by atoms with van der Waals surface area (Å²) < 4.78 is 5.45. The topological polar surface area (TPSA) is 41.6 Å². The highest BCUT2D eigenvalue weighted by Crippen LogP contribution is 2.34. The second-order valence-electron chi connectivity index (χ2n) is 6.99. The van der Waals surface area contributed by atoms with E-state index in [4.69, 9.17) is 4.74 Å². The van der Waals surface area contributed by atoms with Gasteiger partial charge in [-0.1, -0.05) is 18.9 Å². The number of methoxy groups -OCH3 is 1.